The fourth-order valence-corrected chi connectivity index (χ4v) is 3.98. The molecule has 0 aromatic rings. The Morgan fingerprint density at radius 1 is 1.20 bits per heavy atom. The van der Waals surface area contributed by atoms with Gasteiger partial charge in [0.2, 0.25) is 5.91 Å². The van der Waals surface area contributed by atoms with Crippen molar-refractivity contribution in [3.05, 3.63) is 0 Å². The number of carboxylic acids is 1. The molecule has 0 saturated carbocycles. The van der Waals surface area contributed by atoms with Crippen LogP contribution >= 0.6 is 0 Å². The molecule has 2 bridgehead atoms. The maximum atomic E-state index is 12.5. The molecule has 3 heterocycles. The molecule has 6 nitrogen and oxygen atoms in total. The molecule has 0 aromatic heterocycles. The fourth-order valence-electron chi connectivity index (χ4n) is 3.98. The quantitative estimate of drug-likeness (QED) is 0.746. The number of carbonyl (C=O) groups excluding carboxylic acids is 1. The Morgan fingerprint density at radius 2 is 2.05 bits per heavy atom. The summed E-state index contributed by atoms with van der Waals surface area (Å²) < 4.78 is 0. The van der Waals surface area contributed by atoms with E-state index in [1.54, 1.807) is 0 Å². The van der Waals surface area contributed by atoms with E-state index in [1.165, 1.54) is 0 Å². The summed E-state index contributed by atoms with van der Waals surface area (Å²) in [5.74, 6) is -0.958. The fraction of sp³-hybridized carbons (Fsp3) is 0.857. The Labute approximate surface area is 119 Å². The first-order valence-corrected chi connectivity index (χ1v) is 7.64. The minimum absolute atomic E-state index is 0.0601. The van der Waals surface area contributed by atoms with Gasteiger partial charge in [-0.05, 0) is 38.8 Å². The largest absolute Gasteiger partial charge is 0.481 e. The molecular formula is C14H23N3O3. The van der Waals surface area contributed by atoms with Crippen LogP contribution in [-0.2, 0) is 9.59 Å². The van der Waals surface area contributed by atoms with Gasteiger partial charge in [-0.25, -0.2) is 0 Å². The zero-order valence-electron chi connectivity index (χ0n) is 11.8. The molecular weight excluding hydrogens is 258 g/mol. The molecule has 3 aliphatic heterocycles. The van der Waals surface area contributed by atoms with E-state index in [-0.39, 0.29) is 23.9 Å². The van der Waals surface area contributed by atoms with Gasteiger partial charge in [-0.15, -0.1) is 0 Å². The Kier molecular flexibility index (Phi) is 3.94. The van der Waals surface area contributed by atoms with Crippen molar-refractivity contribution < 1.29 is 14.7 Å². The summed E-state index contributed by atoms with van der Waals surface area (Å²) in [7, 11) is 0. The minimum atomic E-state index is -0.742. The van der Waals surface area contributed by atoms with Crippen LogP contribution in [-0.4, -0.2) is 71.6 Å². The van der Waals surface area contributed by atoms with Crippen molar-refractivity contribution in [2.75, 3.05) is 32.7 Å². The average molecular weight is 281 g/mol. The predicted molar refractivity (Wildman–Crippen MR) is 73.3 cm³/mol. The highest BCUT2D eigenvalue weighted by molar-refractivity contribution is 5.82. The molecule has 3 aliphatic rings. The molecule has 3 unspecified atom stereocenters. The third-order valence-electron chi connectivity index (χ3n) is 4.93. The molecule has 0 spiro atoms. The van der Waals surface area contributed by atoms with Crippen LogP contribution in [0.4, 0.5) is 0 Å². The third kappa shape index (κ3) is 2.54. The lowest BCUT2D eigenvalue weighted by Gasteiger charge is -2.27. The average Bonchev–Trinajstić information content (AvgIpc) is 2.89. The molecule has 3 fully saturated rings. The summed E-state index contributed by atoms with van der Waals surface area (Å²) in [6, 6.07) is 0.105. The van der Waals surface area contributed by atoms with E-state index in [1.807, 2.05) is 4.90 Å². The van der Waals surface area contributed by atoms with Crippen LogP contribution in [0.5, 0.6) is 0 Å². The van der Waals surface area contributed by atoms with E-state index in [0.717, 1.165) is 45.4 Å². The highest BCUT2D eigenvalue weighted by Crippen LogP contribution is 2.41. The van der Waals surface area contributed by atoms with Crippen molar-refractivity contribution in [2.24, 2.45) is 5.92 Å². The second-order valence-electron chi connectivity index (χ2n) is 6.16. The van der Waals surface area contributed by atoms with Gasteiger partial charge in [0.1, 0.15) is 0 Å². The summed E-state index contributed by atoms with van der Waals surface area (Å²) in [6.07, 6.45) is 3.54. The van der Waals surface area contributed by atoms with Crippen LogP contribution in [0.25, 0.3) is 0 Å². The van der Waals surface area contributed by atoms with E-state index in [0.29, 0.717) is 13.0 Å². The Bertz CT molecular complexity index is 393. The number of hydrogen-bond acceptors (Lipinski definition) is 4. The maximum absolute atomic E-state index is 12.5. The van der Waals surface area contributed by atoms with E-state index in [4.69, 9.17) is 0 Å². The number of carbonyl (C=O) groups is 2. The van der Waals surface area contributed by atoms with Gasteiger partial charge in [0.15, 0.2) is 0 Å². The van der Waals surface area contributed by atoms with Crippen molar-refractivity contribution in [3.8, 4) is 0 Å². The number of fused-ring (bicyclic) bond motifs is 2. The predicted octanol–water partition coefficient (Wildman–Crippen LogP) is -0.254. The third-order valence-corrected chi connectivity index (χ3v) is 4.93. The van der Waals surface area contributed by atoms with Crippen molar-refractivity contribution in [1.82, 2.24) is 15.1 Å². The molecule has 0 aliphatic carbocycles. The lowest BCUT2D eigenvalue weighted by Crippen LogP contribution is -2.44. The van der Waals surface area contributed by atoms with Crippen molar-refractivity contribution >= 4 is 11.9 Å². The molecule has 3 rings (SSSR count). The number of carboxylic acid groups (broad SMARTS) is 1. The second kappa shape index (κ2) is 5.69. The molecule has 6 heteroatoms. The minimum Gasteiger partial charge on any atom is -0.481 e. The zero-order valence-corrected chi connectivity index (χ0v) is 11.8. The van der Waals surface area contributed by atoms with Gasteiger partial charge in [0.05, 0.1) is 12.5 Å². The molecule has 3 saturated heterocycles. The normalized spacial score (nSPS) is 34.2. The summed E-state index contributed by atoms with van der Waals surface area (Å²) in [6.45, 7) is 4.24. The SMILES string of the molecule is O=C(O)C1CC2CCC1N2C(=O)CN1CCCNCC1. The van der Waals surface area contributed by atoms with Crippen LogP contribution in [0.3, 0.4) is 0 Å². The van der Waals surface area contributed by atoms with E-state index < -0.39 is 5.97 Å². The van der Waals surface area contributed by atoms with Gasteiger partial charge < -0.3 is 15.3 Å². The van der Waals surface area contributed by atoms with Crippen LogP contribution in [0, 0.1) is 5.92 Å². The number of amides is 1. The van der Waals surface area contributed by atoms with Gasteiger partial charge in [0, 0.05) is 25.2 Å². The molecule has 20 heavy (non-hydrogen) atoms. The molecule has 112 valence electrons. The number of hydrogen-bond donors (Lipinski definition) is 2. The standard InChI is InChI=1S/C14H23N3O3/c18-13(9-16-6-1-4-15-5-7-16)17-10-2-3-12(17)11(8-10)14(19)20/h10-12,15H,1-9H2,(H,19,20). The topological polar surface area (TPSA) is 72.9 Å². The molecule has 1 amide bonds. The molecule has 3 atom stereocenters. The smallest absolute Gasteiger partial charge is 0.308 e. The number of aliphatic carboxylic acids is 1. The van der Waals surface area contributed by atoms with Gasteiger partial charge >= 0.3 is 5.97 Å². The van der Waals surface area contributed by atoms with Gasteiger partial charge in [0.25, 0.3) is 0 Å². The van der Waals surface area contributed by atoms with E-state index in [2.05, 4.69) is 10.2 Å². The lowest BCUT2D eigenvalue weighted by atomic mass is 9.89. The monoisotopic (exact) mass is 281 g/mol. The first kappa shape index (κ1) is 13.8. The Balaban J connectivity index is 1.61. The van der Waals surface area contributed by atoms with Gasteiger partial charge in [-0.3, -0.25) is 14.5 Å². The number of nitrogens with one attached hydrogen (secondary N) is 1. The molecule has 0 aromatic carbocycles. The van der Waals surface area contributed by atoms with Crippen LogP contribution < -0.4 is 5.32 Å². The highest BCUT2D eigenvalue weighted by atomic mass is 16.4. The van der Waals surface area contributed by atoms with Crippen LogP contribution in [0.1, 0.15) is 25.7 Å². The maximum Gasteiger partial charge on any atom is 0.308 e. The van der Waals surface area contributed by atoms with Crippen molar-refractivity contribution in [3.63, 3.8) is 0 Å². The van der Waals surface area contributed by atoms with Crippen LogP contribution in [0.15, 0.2) is 0 Å². The zero-order chi connectivity index (χ0) is 14.1. The Hall–Kier alpha value is -1.14. The summed E-state index contributed by atoms with van der Waals surface area (Å²) >= 11 is 0. The second-order valence-corrected chi connectivity index (χ2v) is 6.16. The van der Waals surface area contributed by atoms with E-state index >= 15 is 0 Å². The molecule has 0 radical (unpaired) electrons. The van der Waals surface area contributed by atoms with E-state index in [9.17, 15) is 14.7 Å². The summed E-state index contributed by atoms with van der Waals surface area (Å²) in [5.41, 5.74) is 0. The van der Waals surface area contributed by atoms with Crippen molar-refractivity contribution in [2.45, 2.75) is 37.8 Å². The molecule has 2 N–H and O–H groups in total. The lowest BCUT2D eigenvalue weighted by molar-refractivity contribution is -0.143. The highest BCUT2D eigenvalue weighted by Gasteiger charge is 2.51. The van der Waals surface area contributed by atoms with Crippen molar-refractivity contribution in [1.29, 1.82) is 0 Å². The number of nitrogens with zero attached hydrogens (tertiary/aromatic N) is 2. The summed E-state index contributed by atoms with van der Waals surface area (Å²) in [4.78, 5) is 27.8. The first-order valence-electron chi connectivity index (χ1n) is 7.64. The van der Waals surface area contributed by atoms with Crippen LogP contribution in [0.2, 0.25) is 0 Å². The van der Waals surface area contributed by atoms with Gasteiger partial charge in [-0.1, -0.05) is 0 Å². The first-order chi connectivity index (χ1) is 9.66. The number of rotatable bonds is 3. The summed E-state index contributed by atoms with van der Waals surface area (Å²) in [5, 5.41) is 12.6. The van der Waals surface area contributed by atoms with Gasteiger partial charge in [-0.2, -0.15) is 0 Å². The Morgan fingerprint density at radius 3 is 2.80 bits per heavy atom.